The molecule has 4 nitrogen and oxygen atoms in total. The van der Waals surface area contributed by atoms with Crippen LogP contribution in [0.15, 0.2) is 17.0 Å². The molecule has 0 atom stereocenters. The summed E-state index contributed by atoms with van der Waals surface area (Å²) in [5.41, 5.74) is 0.318. The molecule has 0 saturated heterocycles. The Kier molecular flexibility index (Phi) is 4.23. The van der Waals surface area contributed by atoms with Gasteiger partial charge in [0, 0.05) is 11.1 Å². The number of hydrogen-bond donors (Lipinski definition) is 2. The van der Waals surface area contributed by atoms with Crippen molar-refractivity contribution in [2.24, 2.45) is 11.8 Å². The second kappa shape index (κ2) is 5.70. The highest BCUT2D eigenvalue weighted by atomic mass is 35.5. The highest BCUT2D eigenvalue weighted by Gasteiger charge is 2.43. The fourth-order valence-electron chi connectivity index (χ4n) is 2.66. The molecule has 2 fully saturated rings. The summed E-state index contributed by atoms with van der Waals surface area (Å²) < 4.78 is 28.0. The fraction of sp³-hybridized carbons (Fsp3) is 0.571. The second-order valence-electron chi connectivity index (χ2n) is 5.86. The van der Waals surface area contributed by atoms with E-state index >= 15 is 0 Å². The third-order valence-corrected chi connectivity index (χ3v) is 6.35. The van der Waals surface area contributed by atoms with E-state index in [1.165, 1.54) is 12.1 Å². The van der Waals surface area contributed by atoms with Crippen LogP contribution in [0.4, 0.5) is 0 Å². The zero-order chi connectivity index (χ0) is 15.2. The lowest BCUT2D eigenvalue weighted by Crippen LogP contribution is -2.38. The van der Waals surface area contributed by atoms with Gasteiger partial charge in [0.15, 0.2) is 0 Å². The Labute approximate surface area is 134 Å². The topological polar surface area (TPSA) is 66.4 Å². The van der Waals surface area contributed by atoms with Gasteiger partial charge in [-0.3, -0.25) is 0 Å². The number of rotatable bonds is 6. The van der Waals surface area contributed by atoms with E-state index in [1.54, 1.807) is 0 Å². The van der Waals surface area contributed by atoms with Gasteiger partial charge in [-0.2, -0.15) is 0 Å². The van der Waals surface area contributed by atoms with E-state index in [4.69, 9.17) is 23.2 Å². The van der Waals surface area contributed by atoms with E-state index in [-0.39, 0.29) is 27.6 Å². The van der Waals surface area contributed by atoms with Crippen molar-refractivity contribution in [3.63, 3.8) is 0 Å². The normalized spacial score (nSPS) is 19.2. The van der Waals surface area contributed by atoms with Crippen molar-refractivity contribution in [1.29, 1.82) is 0 Å². The van der Waals surface area contributed by atoms with Gasteiger partial charge >= 0.3 is 0 Å². The lowest BCUT2D eigenvalue weighted by Gasteiger charge is -2.19. The molecule has 21 heavy (non-hydrogen) atoms. The summed E-state index contributed by atoms with van der Waals surface area (Å²) >= 11 is 12.0. The maximum Gasteiger partial charge on any atom is 0.242 e. The van der Waals surface area contributed by atoms with E-state index < -0.39 is 10.0 Å². The average molecular weight is 350 g/mol. The van der Waals surface area contributed by atoms with Crippen LogP contribution in [0.3, 0.4) is 0 Å². The van der Waals surface area contributed by atoms with Crippen molar-refractivity contribution in [3.8, 4) is 0 Å². The summed E-state index contributed by atoms with van der Waals surface area (Å²) in [5, 5.41) is 9.54. The number of aliphatic hydroxyl groups excluding tert-OH is 1. The molecule has 1 aromatic carbocycles. The summed E-state index contributed by atoms with van der Waals surface area (Å²) in [6.45, 7) is -0.351. The van der Waals surface area contributed by atoms with Crippen molar-refractivity contribution in [2.45, 2.75) is 43.2 Å². The van der Waals surface area contributed by atoms with E-state index in [1.807, 2.05) is 0 Å². The molecule has 116 valence electrons. The minimum Gasteiger partial charge on any atom is -0.392 e. The minimum atomic E-state index is -3.73. The summed E-state index contributed by atoms with van der Waals surface area (Å²) in [6, 6.07) is 2.81. The number of hydrogen-bond acceptors (Lipinski definition) is 3. The minimum absolute atomic E-state index is 0.00243. The number of aliphatic hydroxyl groups is 1. The molecule has 3 rings (SSSR count). The van der Waals surface area contributed by atoms with Crippen LogP contribution >= 0.6 is 23.2 Å². The van der Waals surface area contributed by atoms with Crippen molar-refractivity contribution in [1.82, 2.24) is 4.72 Å². The van der Waals surface area contributed by atoms with Crippen LogP contribution in [0.5, 0.6) is 0 Å². The van der Waals surface area contributed by atoms with Gasteiger partial charge in [-0.05, 0) is 55.2 Å². The fourth-order valence-corrected chi connectivity index (χ4v) is 4.96. The summed E-state index contributed by atoms with van der Waals surface area (Å²) in [6.07, 6.45) is 4.31. The maximum absolute atomic E-state index is 12.6. The Morgan fingerprint density at radius 1 is 1.19 bits per heavy atom. The van der Waals surface area contributed by atoms with Gasteiger partial charge in [0.1, 0.15) is 4.90 Å². The van der Waals surface area contributed by atoms with Crippen LogP contribution in [0.1, 0.15) is 31.2 Å². The second-order valence-corrected chi connectivity index (χ2v) is 8.35. The Morgan fingerprint density at radius 2 is 1.76 bits per heavy atom. The molecule has 2 N–H and O–H groups in total. The highest BCUT2D eigenvalue weighted by molar-refractivity contribution is 7.89. The largest absolute Gasteiger partial charge is 0.392 e. The molecule has 0 aliphatic heterocycles. The first kappa shape index (κ1) is 15.6. The molecule has 0 bridgehead atoms. The van der Waals surface area contributed by atoms with Crippen molar-refractivity contribution >= 4 is 33.2 Å². The molecule has 0 radical (unpaired) electrons. The summed E-state index contributed by atoms with van der Waals surface area (Å²) in [7, 11) is -3.73. The van der Waals surface area contributed by atoms with Gasteiger partial charge in [-0.25, -0.2) is 13.1 Å². The first-order valence-corrected chi connectivity index (χ1v) is 9.27. The molecule has 0 aromatic heterocycles. The first-order valence-electron chi connectivity index (χ1n) is 7.03. The molecule has 0 spiro atoms. The van der Waals surface area contributed by atoms with Gasteiger partial charge in [0.05, 0.1) is 11.6 Å². The zero-order valence-electron chi connectivity index (χ0n) is 11.4. The monoisotopic (exact) mass is 349 g/mol. The Hall–Kier alpha value is -0.330. The zero-order valence-corrected chi connectivity index (χ0v) is 13.7. The molecule has 0 unspecified atom stereocenters. The molecular weight excluding hydrogens is 333 g/mol. The molecular formula is C14H17Cl2NO3S. The average Bonchev–Trinajstić information content (AvgIpc) is 3.29. The smallest absolute Gasteiger partial charge is 0.242 e. The lowest BCUT2D eigenvalue weighted by molar-refractivity contribution is 0.281. The number of sulfonamides is 1. The molecule has 0 heterocycles. The molecule has 2 aliphatic rings. The summed E-state index contributed by atoms with van der Waals surface area (Å²) in [4.78, 5) is -0.0491. The third kappa shape index (κ3) is 3.37. The number of nitrogens with one attached hydrogen (secondary N) is 1. The van der Waals surface area contributed by atoms with E-state index in [0.717, 1.165) is 25.7 Å². The van der Waals surface area contributed by atoms with Gasteiger partial charge in [0.25, 0.3) is 0 Å². The van der Waals surface area contributed by atoms with Gasteiger partial charge < -0.3 is 5.11 Å². The van der Waals surface area contributed by atoms with Gasteiger partial charge in [-0.1, -0.05) is 23.2 Å². The van der Waals surface area contributed by atoms with Crippen molar-refractivity contribution in [3.05, 3.63) is 27.7 Å². The molecule has 2 aliphatic carbocycles. The molecule has 1 aromatic rings. The van der Waals surface area contributed by atoms with Crippen LogP contribution < -0.4 is 4.72 Å². The van der Waals surface area contributed by atoms with E-state index in [0.29, 0.717) is 17.4 Å². The van der Waals surface area contributed by atoms with Crippen LogP contribution in [0, 0.1) is 11.8 Å². The van der Waals surface area contributed by atoms with E-state index in [9.17, 15) is 13.5 Å². The predicted molar refractivity (Wildman–Crippen MR) is 81.9 cm³/mol. The maximum atomic E-state index is 12.6. The summed E-state index contributed by atoms with van der Waals surface area (Å²) in [5.74, 6) is 0.894. The van der Waals surface area contributed by atoms with Crippen molar-refractivity contribution in [2.75, 3.05) is 0 Å². The number of benzene rings is 1. The van der Waals surface area contributed by atoms with Gasteiger partial charge in [-0.15, -0.1) is 0 Å². The highest BCUT2D eigenvalue weighted by Crippen LogP contribution is 2.45. The van der Waals surface area contributed by atoms with Crippen LogP contribution in [0.25, 0.3) is 0 Å². The van der Waals surface area contributed by atoms with E-state index in [2.05, 4.69) is 4.72 Å². The van der Waals surface area contributed by atoms with Crippen LogP contribution in [0.2, 0.25) is 10.0 Å². The van der Waals surface area contributed by atoms with Crippen LogP contribution in [-0.2, 0) is 16.6 Å². The molecule has 2 saturated carbocycles. The standard InChI is InChI=1S/C14H17Cl2NO3S/c15-11-5-10(7-18)13(16)12(6-11)21(19,20)17-14(8-1-2-8)9-3-4-9/h5-6,8-9,14,17-18H,1-4,7H2. The van der Waals surface area contributed by atoms with Crippen LogP contribution in [-0.4, -0.2) is 19.6 Å². The Bertz CT molecular complexity index is 642. The van der Waals surface area contributed by atoms with Gasteiger partial charge in [0.2, 0.25) is 10.0 Å². The Balaban J connectivity index is 1.92. The lowest BCUT2D eigenvalue weighted by atomic mass is 10.1. The molecule has 0 amide bonds. The van der Waals surface area contributed by atoms with Crippen molar-refractivity contribution < 1.29 is 13.5 Å². The predicted octanol–water partition coefficient (Wildman–Crippen LogP) is 2.95. The Morgan fingerprint density at radius 3 is 2.24 bits per heavy atom. The SMILES string of the molecule is O=S(=O)(NC(C1CC1)C1CC1)c1cc(Cl)cc(CO)c1Cl. The first-order chi connectivity index (χ1) is 9.92. The number of halogens is 2. The quantitative estimate of drug-likeness (QED) is 0.829. The third-order valence-electron chi connectivity index (χ3n) is 4.09. The molecule has 7 heteroatoms.